The number of hydrogen-bond donors (Lipinski definition) is 0. The van der Waals surface area contributed by atoms with Gasteiger partial charge in [0.15, 0.2) is 0 Å². The second kappa shape index (κ2) is 11.0. The fraction of sp³-hybridized carbons (Fsp3) is 0.259. The van der Waals surface area contributed by atoms with Crippen molar-refractivity contribution >= 4 is 11.8 Å². The molecule has 0 saturated heterocycles. The normalized spacial score (nSPS) is 11.2. The highest BCUT2D eigenvalue weighted by molar-refractivity contribution is 5.91. The van der Waals surface area contributed by atoms with Crippen LogP contribution in [-0.4, -0.2) is 18.9 Å². The molecule has 0 bridgehead atoms. The number of carbonyl (C=O) groups is 2. The summed E-state index contributed by atoms with van der Waals surface area (Å²) in [5.74, 6) is 0.348. The van der Waals surface area contributed by atoms with E-state index < -0.39 is 17.7 Å². The van der Waals surface area contributed by atoms with E-state index in [1.54, 1.807) is 19.2 Å². The molecule has 0 unspecified atom stereocenters. The van der Waals surface area contributed by atoms with Gasteiger partial charge in [0.2, 0.25) is 0 Å². The number of alkyl halides is 3. The molecule has 3 rings (SSSR count). The molecular weight excluding hydrogens is 445 g/mol. The minimum absolute atomic E-state index is 0.160. The lowest BCUT2D eigenvalue weighted by molar-refractivity contribution is -0.137. The predicted molar refractivity (Wildman–Crippen MR) is 124 cm³/mol. The monoisotopic (exact) mass is 472 g/mol. The maximum Gasteiger partial charge on any atom is 0.416 e. The van der Waals surface area contributed by atoms with Gasteiger partial charge in [0.25, 0.3) is 0 Å². The summed E-state index contributed by atoms with van der Waals surface area (Å²) in [5, 5.41) is 0. The van der Waals surface area contributed by atoms with Crippen molar-refractivity contribution in [1.29, 1.82) is 0 Å². The number of carbonyl (C=O) groups excluding carboxylic acids is 2. The Labute approximate surface area is 197 Å². The van der Waals surface area contributed by atoms with E-state index in [0.717, 1.165) is 29.0 Å². The molecular formula is C27H27F3O4. The van der Waals surface area contributed by atoms with Crippen molar-refractivity contribution in [1.82, 2.24) is 0 Å². The van der Waals surface area contributed by atoms with Crippen LogP contribution in [0.1, 0.15) is 54.7 Å². The van der Waals surface area contributed by atoms with E-state index in [9.17, 15) is 22.8 Å². The zero-order valence-electron chi connectivity index (χ0n) is 19.7. The molecule has 3 aromatic rings. The van der Waals surface area contributed by atoms with Crippen LogP contribution in [-0.2, 0) is 16.4 Å². The number of ether oxygens (including phenoxy) is 2. The number of benzene rings is 3. The average Bonchev–Trinajstić information content (AvgIpc) is 2.78. The molecule has 180 valence electrons. The van der Waals surface area contributed by atoms with Crippen LogP contribution in [0.25, 0.3) is 0 Å². The Morgan fingerprint density at radius 3 is 1.65 bits per heavy atom. The molecule has 34 heavy (non-hydrogen) atoms. The van der Waals surface area contributed by atoms with E-state index in [1.807, 2.05) is 36.4 Å². The number of methoxy groups -OCH3 is 1. The highest BCUT2D eigenvalue weighted by Crippen LogP contribution is 2.34. The lowest BCUT2D eigenvalue weighted by Crippen LogP contribution is -2.18. The molecule has 0 radical (unpaired) electrons. The lowest BCUT2D eigenvalue weighted by Gasteiger charge is -2.26. The smallest absolute Gasteiger partial charge is 0.416 e. The fourth-order valence-corrected chi connectivity index (χ4v) is 3.10. The van der Waals surface area contributed by atoms with E-state index in [-0.39, 0.29) is 22.5 Å². The van der Waals surface area contributed by atoms with Gasteiger partial charge in [-0.05, 0) is 67.4 Å². The van der Waals surface area contributed by atoms with Gasteiger partial charge in [-0.3, -0.25) is 0 Å². The Balaban J connectivity index is 0.000000945. The minimum atomic E-state index is -4.52. The van der Waals surface area contributed by atoms with Crippen LogP contribution in [0.3, 0.4) is 0 Å². The largest absolute Gasteiger partial charge is 0.497 e. The summed E-state index contributed by atoms with van der Waals surface area (Å²) >= 11 is 0. The molecule has 0 amide bonds. The van der Waals surface area contributed by atoms with Crippen LogP contribution in [0.5, 0.6) is 11.5 Å². The fourth-order valence-electron chi connectivity index (χ4n) is 3.10. The Morgan fingerprint density at radius 1 is 0.735 bits per heavy atom. The molecule has 0 aliphatic rings. The number of Topliss-reactive ketones (excluding diaryl/α,β-unsaturated/α-hetero) is 1. The molecule has 0 aromatic heterocycles. The molecule has 7 heteroatoms. The third-order valence-corrected chi connectivity index (χ3v) is 5.02. The third-order valence-electron chi connectivity index (χ3n) is 5.02. The molecule has 3 aromatic carbocycles. The first kappa shape index (κ1) is 26.6. The standard InChI is InChI=1S/C24H21F3O3.C3H6O/c1-23(2,17-7-11-20(29-3)12-8-17)18-9-13-21(14-10-18)30-22(28)16-5-4-6-19(15-16)24(25,26)27;1-3(2)4/h4-15H,1-3H3;1-2H3. The zero-order chi connectivity index (χ0) is 25.5. The quantitative estimate of drug-likeness (QED) is 0.301. The summed E-state index contributed by atoms with van der Waals surface area (Å²) < 4.78 is 49.0. The van der Waals surface area contributed by atoms with Crippen LogP contribution < -0.4 is 9.47 Å². The van der Waals surface area contributed by atoms with Crippen LogP contribution in [0, 0.1) is 0 Å². The SMILES string of the molecule is CC(C)=O.COc1ccc(C(C)(C)c2ccc(OC(=O)c3cccc(C(F)(F)F)c3)cc2)cc1. The maximum absolute atomic E-state index is 12.8. The number of esters is 1. The van der Waals surface area contributed by atoms with E-state index in [2.05, 4.69) is 13.8 Å². The number of rotatable bonds is 5. The Bertz CT molecular complexity index is 1110. The molecule has 0 fully saturated rings. The van der Waals surface area contributed by atoms with E-state index in [0.29, 0.717) is 0 Å². The number of hydrogen-bond acceptors (Lipinski definition) is 4. The van der Waals surface area contributed by atoms with Crippen molar-refractivity contribution in [2.75, 3.05) is 7.11 Å². The van der Waals surface area contributed by atoms with E-state index in [1.165, 1.54) is 26.0 Å². The first-order chi connectivity index (χ1) is 15.8. The van der Waals surface area contributed by atoms with Crippen molar-refractivity contribution in [3.63, 3.8) is 0 Å². The van der Waals surface area contributed by atoms with E-state index >= 15 is 0 Å². The average molecular weight is 473 g/mol. The zero-order valence-corrected chi connectivity index (χ0v) is 19.7. The van der Waals surface area contributed by atoms with Gasteiger partial charge in [0.05, 0.1) is 18.2 Å². The van der Waals surface area contributed by atoms with Gasteiger partial charge in [-0.2, -0.15) is 13.2 Å². The van der Waals surface area contributed by atoms with Crippen LogP contribution in [0.4, 0.5) is 13.2 Å². The van der Waals surface area contributed by atoms with Gasteiger partial charge >= 0.3 is 12.1 Å². The molecule has 0 aliphatic carbocycles. The minimum Gasteiger partial charge on any atom is -0.497 e. The number of halogens is 3. The Hall–Kier alpha value is -3.61. The maximum atomic E-state index is 12.8. The van der Waals surface area contributed by atoms with Gasteiger partial charge in [-0.15, -0.1) is 0 Å². The predicted octanol–water partition coefficient (Wildman–Crippen LogP) is 6.85. The summed E-state index contributed by atoms with van der Waals surface area (Å²) in [4.78, 5) is 21.7. The molecule has 0 spiro atoms. The van der Waals surface area contributed by atoms with Crippen LogP contribution >= 0.6 is 0 Å². The molecule has 0 heterocycles. The molecule has 0 aliphatic heterocycles. The van der Waals surface area contributed by atoms with Crippen LogP contribution in [0.2, 0.25) is 0 Å². The van der Waals surface area contributed by atoms with E-state index in [4.69, 9.17) is 9.47 Å². The first-order valence-electron chi connectivity index (χ1n) is 10.5. The van der Waals surface area contributed by atoms with Gasteiger partial charge in [-0.25, -0.2) is 4.79 Å². The molecule has 0 saturated carbocycles. The Morgan fingerprint density at radius 2 is 1.21 bits per heavy atom. The molecule has 4 nitrogen and oxygen atoms in total. The van der Waals surface area contributed by atoms with Crippen molar-refractivity contribution in [2.24, 2.45) is 0 Å². The Kier molecular flexibility index (Phi) is 8.62. The highest BCUT2D eigenvalue weighted by Gasteiger charge is 2.31. The lowest BCUT2D eigenvalue weighted by atomic mass is 9.78. The van der Waals surface area contributed by atoms with Crippen molar-refractivity contribution < 1.29 is 32.2 Å². The number of ketones is 1. The molecule has 0 atom stereocenters. The first-order valence-corrected chi connectivity index (χ1v) is 10.5. The second-order valence-corrected chi connectivity index (χ2v) is 8.25. The summed E-state index contributed by atoms with van der Waals surface area (Å²) in [6.45, 7) is 7.19. The topological polar surface area (TPSA) is 52.6 Å². The van der Waals surface area contributed by atoms with Crippen molar-refractivity contribution in [2.45, 2.75) is 39.3 Å². The summed E-state index contributed by atoms with van der Waals surface area (Å²) in [6.07, 6.45) is -4.52. The van der Waals surface area contributed by atoms with Crippen molar-refractivity contribution in [3.8, 4) is 11.5 Å². The van der Waals surface area contributed by atoms with Crippen LogP contribution in [0.15, 0.2) is 72.8 Å². The van der Waals surface area contributed by atoms with Gasteiger partial charge < -0.3 is 14.3 Å². The van der Waals surface area contributed by atoms with Gasteiger partial charge in [-0.1, -0.05) is 44.2 Å². The van der Waals surface area contributed by atoms with Gasteiger partial charge in [0.1, 0.15) is 17.3 Å². The summed E-state index contributed by atoms with van der Waals surface area (Å²) in [5.41, 5.74) is 0.708. The van der Waals surface area contributed by atoms with Gasteiger partial charge in [0, 0.05) is 5.41 Å². The second-order valence-electron chi connectivity index (χ2n) is 8.25. The summed E-state index contributed by atoms with van der Waals surface area (Å²) in [6, 6.07) is 18.8. The summed E-state index contributed by atoms with van der Waals surface area (Å²) in [7, 11) is 1.61. The molecule has 0 N–H and O–H groups in total. The highest BCUT2D eigenvalue weighted by atomic mass is 19.4. The van der Waals surface area contributed by atoms with Crippen molar-refractivity contribution in [3.05, 3.63) is 95.1 Å². The third kappa shape index (κ3) is 7.20.